The van der Waals surface area contributed by atoms with Gasteiger partial charge in [-0.15, -0.1) is 0 Å². The fourth-order valence-electron chi connectivity index (χ4n) is 3.10. The van der Waals surface area contributed by atoms with Crippen LogP contribution in [0.25, 0.3) is 0 Å². The highest BCUT2D eigenvalue weighted by Gasteiger charge is 2.24. The van der Waals surface area contributed by atoms with Crippen LogP contribution >= 0.6 is 0 Å². The second-order valence-corrected chi connectivity index (χ2v) is 7.56. The molecule has 6 nitrogen and oxygen atoms in total. The molecular weight excluding hydrogens is 346 g/mol. The monoisotopic (exact) mass is 389 g/mol. The molecule has 27 heavy (non-hydrogen) atoms. The minimum Gasteiger partial charge on any atom is -0.464 e. The Labute approximate surface area is 165 Å². The van der Waals surface area contributed by atoms with Crippen molar-refractivity contribution in [3.63, 3.8) is 0 Å². The van der Waals surface area contributed by atoms with E-state index in [4.69, 9.17) is 15.6 Å². The zero-order valence-electron chi connectivity index (χ0n) is 17.3. The average molecular weight is 390 g/mol. The number of hydrogen-bond acceptors (Lipinski definition) is 6. The number of rotatable bonds is 19. The third-order valence-corrected chi connectivity index (χ3v) is 4.94. The molecule has 0 rings (SSSR count). The van der Waals surface area contributed by atoms with Crippen LogP contribution in [0.4, 0.5) is 0 Å². The van der Waals surface area contributed by atoms with Crippen molar-refractivity contribution in [3.8, 4) is 0 Å². The third-order valence-electron chi connectivity index (χ3n) is 4.94. The van der Waals surface area contributed by atoms with Crippen molar-refractivity contribution >= 4 is 5.97 Å². The van der Waals surface area contributed by atoms with E-state index in [0.717, 1.165) is 19.3 Å². The van der Waals surface area contributed by atoms with Crippen LogP contribution in [-0.2, 0) is 9.53 Å². The first kappa shape index (κ1) is 26.3. The van der Waals surface area contributed by atoms with Crippen LogP contribution in [-0.4, -0.2) is 52.8 Å². The summed E-state index contributed by atoms with van der Waals surface area (Å²) in [4.78, 5) is 11.2. The summed E-state index contributed by atoms with van der Waals surface area (Å²) in [5.74, 6) is -0.560. The van der Waals surface area contributed by atoms with Crippen molar-refractivity contribution in [2.45, 2.75) is 115 Å². The maximum absolute atomic E-state index is 11.2. The molecular formula is C21H43NO5. The maximum Gasteiger partial charge on any atom is 0.308 e. The van der Waals surface area contributed by atoms with E-state index in [-0.39, 0.29) is 19.6 Å². The van der Waals surface area contributed by atoms with Gasteiger partial charge < -0.3 is 25.8 Å². The van der Waals surface area contributed by atoms with Crippen LogP contribution in [0.3, 0.4) is 0 Å². The molecule has 0 aromatic rings. The first-order chi connectivity index (χ1) is 13.0. The number of hydrogen-bond donors (Lipinski definition) is 4. The lowest BCUT2D eigenvalue weighted by Gasteiger charge is -2.23. The van der Waals surface area contributed by atoms with Gasteiger partial charge in [-0.1, -0.05) is 84.0 Å². The smallest absolute Gasteiger partial charge is 0.308 e. The van der Waals surface area contributed by atoms with Crippen molar-refractivity contribution < 1.29 is 24.9 Å². The summed E-state index contributed by atoms with van der Waals surface area (Å²) in [5, 5.41) is 28.6. The van der Waals surface area contributed by atoms with E-state index in [1.54, 1.807) is 0 Å². The molecule has 0 spiro atoms. The van der Waals surface area contributed by atoms with E-state index in [9.17, 15) is 15.0 Å². The van der Waals surface area contributed by atoms with Gasteiger partial charge >= 0.3 is 5.97 Å². The van der Waals surface area contributed by atoms with Crippen LogP contribution in [0.1, 0.15) is 96.8 Å². The lowest BCUT2D eigenvalue weighted by Crippen LogP contribution is -2.46. The molecule has 3 atom stereocenters. The lowest BCUT2D eigenvalue weighted by atomic mass is 10.00. The SMILES string of the molecule is CCCCCCCCCCCCCCC(O)C(O)C(N)COC(=O)CCO. The standard InChI is InChI=1S/C21H43NO5/c1-2-3-4-5-6-7-8-9-10-11-12-13-14-19(24)21(26)18(22)17-27-20(25)15-16-23/h18-19,21,23-24,26H,2-17,22H2,1H3. The minimum atomic E-state index is -1.11. The molecule has 0 aromatic carbocycles. The number of aliphatic hydroxyl groups is 3. The molecule has 0 heterocycles. The quantitative estimate of drug-likeness (QED) is 0.199. The van der Waals surface area contributed by atoms with Gasteiger partial charge in [0.25, 0.3) is 0 Å². The molecule has 0 aromatic heterocycles. The molecule has 0 saturated carbocycles. The minimum absolute atomic E-state index is 0.0930. The number of carbonyl (C=O) groups excluding carboxylic acids is 1. The largest absolute Gasteiger partial charge is 0.464 e. The number of aliphatic hydroxyl groups excluding tert-OH is 3. The average Bonchev–Trinajstić information content (AvgIpc) is 2.66. The molecule has 0 amide bonds. The Hall–Kier alpha value is -0.690. The Bertz CT molecular complexity index is 341. The van der Waals surface area contributed by atoms with Crippen molar-refractivity contribution in [2.75, 3.05) is 13.2 Å². The van der Waals surface area contributed by atoms with E-state index in [0.29, 0.717) is 6.42 Å². The molecule has 6 heteroatoms. The highest BCUT2D eigenvalue weighted by Crippen LogP contribution is 2.14. The van der Waals surface area contributed by atoms with Crippen LogP contribution < -0.4 is 5.73 Å². The van der Waals surface area contributed by atoms with Gasteiger partial charge in [-0.05, 0) is 6.42 Å². The van der Waals surface area contributed by atoms with Crippen LogP contribution in [0.15, 0.2) is 0 Å². The van der Waals surface area contributed by atoms with Gasteiger partial charge in [-0.25, -0.2) is 0 Å². The summed E-state index contributed by atoms with van der Waals surface area (Å²) >= 11 is 0. The summed E-state index contributed by atoms with van der Waals surface area (Å²) < 4.78 is 4.84. The molecule has 0 saturated heterocycles. The molecule has 0 aliphatic rings. The van der Waals surface area contributed by atoms with Crippen molar-refractivity contribution in [3.05, 3.63) is 0 Å². The summed E-state index contributed by atoms with van der Waals surface area (Å²) in [6.45, 7) is 1.80. The number of ether oxygens (including phenoxy) is 1. The van der Waals surface area contributed by atoms with E-state index in [2.05, 4.69) is 6.92 Å². The summed E-state index contributed by atoms with van der Waals surface area (Å²) in [5.41, 5.74) is 5.75. The zero-order chi connectivity index (χ0) is 20.3. The van der Waals surface area contributed by atoms with Crippen molar-refractivity contribution in [2.24, 2.45) is 5.73 Å². The summed E-state index contributed by atoms with van der Waals surface area (Å²) in [6.07, 6.45) is 13.4. The second-order valence-electron chi connectivity index (χ2n) is 7.56. The van der Waals surface area contributed by atoms with Gasteiger partial charge in [0.05, 0.1) is 31.3 Å². The number of unbranched alkanes of at least 4 members (excludes halogenated alkanes) is 11. The van der Waals surface area contributed by atoms with Crippen LogP contribution in [0.5, 0.6) is 0 Å². The lowest BCUT2D eigenvalue weighted by molar-refractivity contribution is -0.146. The molecule has 0 aliphatic heterocycles. The maximum atomic E-state index is 11.2. The highest BCUT2D eigenvalue weighted by atomic mass is 16.5. The van der Waals surface area contributed by atoms with Gasteiger partial charge in [0.15, 0.2) is 0 Å². The first-order valence-electron chi connectivity index (χ1n) is 10.9. The molecule has 3 unspecified atom stereocenters. The number of esters is 1. The van der Waals surface area contributed by atoms with E-state index < -0.39 is 24.2 Å². The van der Waals surface area contributed by atoms with E-state index in [1.807, 2.05) is 0 Å². The Kier molecular flexibility index (Phi) is 18.2. The first-order valence-corrected chi connectivity index (χ1v) is 10.9. The predicted molar refractivity (Wildman–Crippen MR) is 108 cm³/mol. The van der Waals surface area contributed by atoms with Gasteiger partial charge in [-0.2, -0.15) is 0 Å². The zero-order valence-corrected chi connectivity index (χ0v) is 17.3. The summed E-state index contributed by atoms with van der Waals surface area (Å²) in [6, 6.07) is -0.819. The van der Waals surface area contributed by atoms with Crippen molar-refractivity contribution in [1.82, 2.24) is 0 Å². The van der Waals surface area contributed by atoms with Crippen LogP contribution in [0, 0.1) is 0 Å². The predicted octanol–water partition coefficient (Wildman–Crippen LogP) is 3.05. The molecule has 0 fully saturated rings. The molecule has 0 bridgehead atoms. The topological polar surface area (TPSA) is 113 Å². The molecule has 0 aliphatic carbocycles. The van der Waals surface area contributed by atoms with Gasteiger partial charge in [0, 0.05) is 0 Å². The third kappa shape index (κ3) is 16.0. The number of carbonyl (C=O) groups is 1. The number of nitrogens with two attached hydrogens (primary N) is 1. The van der Waals surface area contributed by atoms with E-state index >= 15 is 0 Å². The summed E-state index contributed by atoms with van der Waals surface area (Å²) in [7, 11) is 0. The normalized spacial score (nSPS) is 14.7. The molecule has 0 radical (unpaired) electrons. The fraction of sp³-hybridized carbons (Fsp3) is 0.952. The molecule has 162 valence electrons. The van der Waals surface area contributed by atoms with E-state index in [1.165, 1.54) is 57.8 Å². The van der Waals surface area contributed by atoms with Gasteiger partial charge in [-0.3, -0.25) is 4.79 Å². The highest BCUT2D eigenvalue weighted by molar-refractivity contribution is 5.69. The molecule has 5 N–H and O–H groups in total. The Morgan fingerprint density at radius 1 is 0.889 bits per heavy atom. The Balaban J connectivity index is 3.53. The van der Waals surface area contributed by atoms with Gasteiger partial charge in [0.1, 0.15) is 6.61 Å². The Morgan fingerprint density at radius 2 is 1.37 bits per heavy atom. The van der Waals surface area contributed by atoms with Gasteiger partial charge in [0.2, 0.25) is 0 Å². The Morgan fingerprint density at radius 3 is 1.85 bits per heavy atom. The van der Waals surface area contributed by atoms with Crippen molar-refractivity contribution in [1.29, 1.82) is 0 Å². The fourth-order valence-corrected chi connectivity index (χ4v) is 3.10. The second kappa shape index (κ2) is 18.7. The van der Waals surface area contributed by atoms with Crippen LogP contribution in [0.2, 0.25) is 0 Å².